The molecule has 0 N–H and O–H groups in total. The van der Waals surface area contributed by atoms with E-state index in [0.29, 0.717) is 0 Å². The van der Waals surface area contributed by atoms with Crippen molar-refractivity contribution in [3.8, 4) is 0 Å². The van der Waals surface area contributed by atoms with Crippen LogP contribution in [0.2, 0.25) is 0 Å². The summed E-state index contributed by atoms with van der Waals surface area (Å²) in [4.78, 5) is 0. The molecule has 0 amide bonds. The van der Waals surface area contributed by atoms with Crippen molar-refractivity contribution in [3.05, 3.63) is 0 Å². The highest BCUT2D eigenvalue weighted by molar-refractivity contribution is 4.49. The van der Waals surface area contributed by atoms with Crippen molar-refractivity contribution >= 4 is 0 Å². The topological polar surface area (TPSA) is 0 Å². The van der Waals surface area contributed by atoms with E-state index in [0.717, 1.165) is 0 Å². The Bertz CT molecular complexity index is 339. The van der Waals surface area contributed by atoms with E-state index >= 15 is 0 Å². The molecule has 0 spiro atoms. The van der Waals surface area contributed by atoms with Crippen LogP contribution in [0.5, 0.6) is 0 Å². The molecule has 0 bridgehead atoms. The molecule has 0 heterocycles. The lowest BCUT2D eigenvalue weighted by Crippen LogP contribution is -2.41. The summed E-state index contributed by atoms with van der Waals surface area (Å²) >= 11 is 0. The average Bonchev–Trinajstić information content (AvgIpc) is 2.74. The summed E-state index contributed by atoms with van der Waals surface area (Å²) in [6, 6.07) is 0. The molecule has 0 aliphatic heterocycles. The van der Waals surface area contributed by atoms with Gasteiger partial charge in [-0.3, -0.25) is 0 Å². The van der Waals surface area contributed by atoms with Gasteiger partial charge >= 0.3 is 0 Å². The first-order chi connectivity index (χ1) is 15.3. The largest absolute Gasteiger partial charge is 0.328 e. The maximum absolute atomic E-state index is 2.45. The predicted molar refractivity (Wildman–Crippen MR) is 147 cm³/mol. The van der Waals surface area contributed by atoms with E-state index in [2.05, 4.69) is 42.0 Å². The lowest BCUT2D eigenvalue weighted by Gasteiger charge is -2.31. The van der Waals surface area contributed by atoms with Crippen molar-refractivity contribution in [1.82, 2.24) is 0 Å². The monoisotopic (exact) mass is 455 g/mol. The molecule has 0 fully saturated rings. The number of rotatable bonds is 25. The molecule has 0 aromatic carbocycles. The highest BCUT2D eigenvalue weighted by atomic mass is 15.3. The molecule has 0 radical (unpaired) electrons. The molecule has 2 nitrogen and oxygen atoms in total. The van der Waals surface area contributed by atoms with Crippen LogP contribution >= 0.6 is 0 Å². The Morgan fingerprint density at radius 1 is 0.281 bits per heavy atom. The van der Waals surface area contributed by atoms with Crippen LogP contribution in [-0.4, -0.2) is 63.3 Å². The van der Waals surface area contributed by atoms with Crippen molar-refractivity contribution in [2.45, 2.75) is 142 Å². The third kappa shape index (κ3) is 23.1. The molecule has 0 saturated carbocycles. The highest BCUT2D eigenvalue weighted by Gasteiger charge is 2.15. The van der Waals surface area contributed by atoms with Crippen LogP contribution in [0.25, 0.3) is 0 Å². The molecule has 0 unspecified atom stereocenters. The van der Waals surface area contributed by atoms with Crippen LogP contribution < -0.4 is 0 Å². The smallest absolute Gasteiger partial charge is 0.0782 e. The molecule has 0 aliphatic rings. The molecular formula is C30H66N2+2. The van der Waals surface area contributed by atoms with Crippen LogP contribution in [0, 0.1) is 0 Å². The van der Waals surface area contributed by atoms with Gasteiger partial charge in [0.25, 0.3) is 0 Å². The van der Waals surface area contributed by atoms with Crippen LogP contribution in [0.4, 0.5) is 0 Å². The van der Waals surface area contributed by atoms with Gasteiger partial charge in [-0.25, -0.2) is 0 Å². The fourth-order valence-corrected chi connectivity index (χ4v) is 5.00. The number of hydrogen-bond acceptors (Lipinski definition) is 0. The van der Waals surface area contributed by atoms with Crippen LogP contribution in [-0.2, 0) is 0 Å². The lowest BCUT2D eigenvalue weighted by atomic mass is 10.1. The van der Waals surface area contributed by atoms with E-state index in [9.17, 15) is 0 Å². The van der Waals surface area contributed by atoms with Crippen molar-refractivity contribution < 1.29 is 8.97 Å². The normalized spacial score (nSPS) is 12.6. The number of hydrogen-bond donors (Lipinski definition) is 0. The Morgan fingerprint density at radius 3 is 0.688 bits per heavy atom. The summed E-state index contributed by atoms with van der Waals surface area (Å²) in [5, 5.41) is 0. The molecule has 0 aliphatic carbocycles. The summed E-state index contributed by atoms with van der Waals surface area (Å²) in [6.07, 6.45) is 28.6. The van der Waals surface area contributed by atoms with E-state index < -0.39 is 0 Å². The molecule has 2 heteroatoms. The Morgan fingerprint density at radius 2 is 0.469 bits per heavy atom. The Hall–Kier alpha value is -0.0800. The van der Waals surface area contributed by atoms with E-state index in [1.165, 1.54) is 164 Å². The van der Waals surface area contributed by atoms with Crippen LogP contribution in [0.3, 0.4) is 0 Å². The third-order valence-corrected chi connectivity index (χ3v) is 7.51. The van der Waals surface area contributed by atoms with Gasteiger partial charge in [0.2, 0.25) is 0 Å². The molecule has 194 valence electrons. The maximum Gasteiger partial charge on any atom is 0.0782 e. The molecule has 0 aromatic heterocycles. The molecule has 0 aromatic rings. The van der Waals surface area contributed by atoms with Gasteiger partial charge in [-0.15, -0.1) is 0 Å². The number of nitrogens with zero attached hydrogens (tertiary/aromatic N) is 2. The third-order valence-electron chi connectivity index (χ3n) is 7.51. The minimum Gasteiger partial charge on any atom is -0.328 e. The maximum atomic E-state index is 2.45. The van der Waals surface area contributed by atoms with Gasteiger partial charge < -0.3 is 8.97 Å². The fourth-order valence-electron chi connectivity index (χ4n) is 5.00. The molecule has 32 heavy (non-hydrogen) atoms. The van der Waals surface area contributed by atoms with Crippen molar-refractivity contribution in [3.63, 3.8) is 0 Å². The van der Waals surface area contributed by atoms with E-state index in [-0.39, 0.29) is 0 Å². The zero-order valence-corrected chi connectivity index (χ0v) is 23.9. The van der Waals surface area contributed by atoms with Crippen LogP contribution in [0.1, 0.15) is 142 Å². The standard InChI is InChI=1S/C30H66N2/c1-7-9-11-13-15-17-19-23-27-31(3,4)29-25-21-22-26-30-32(5,6)28-24-20-18-16-14-12-10-8-2/h7-30H2,1-6H3/q+2. The predicted octanol–water partition coefficient (Wildman–Crippen LogP) is 8.98. The quantitative estimate of drug-likeness (QED) is 0.0953. The van der Waals surface area contributed by atoms with Gasteiger partial charge in [-0.2, -0.15) is 0 Å². The van der Waals surface area contributed by atoms with E-state index in [1.54, 1.807) is 0 Å². The molecular weight excluding hydrogens is 388 g/mol. The number of unbranched alkanes of at least 4 members (excludes halogenated alkanes) is 17. The lowest BCUT2D eigenvalue weighted by molar-refractivity contribution is -0.891. The Balaban J connectivity index is 3.56. The van der Waals surface area contributed by atoms with Gasteiger partial charge in [-0.05, 0) is 51.4 Å². The zero-order valence-electron chi connectivity index (χ0n) is 23.9. The minimum atomic E-state index is 1.23. The van der Waals surface area contributed by atoms with Gasteiger partial charge in [0.15, 0.2) is 0 Å². The van der Waals surface area contributed by atoms with Gasteiger partial charge in [0, 0.05) is 0 Å². The second kappa shape index (κ2) is 21.5. The van der Waals surface area contributed by atoms with E-state index in [1.807, 2.05) is 0 Å². The SMILES string of the molecule is CCCCCCCCCC[N+](C)(C)CCCCCC[N+](C)(C)CCCCCCCCCC. The summed E-state index contributed by atoms with van der Waals surface area (Å²) in [7, 11) is 9.80. The summed E-state index contributed by atoms with van der Waals surface area (Å²) in [6.45, 7) is 10.1. The Kier molecular flexibility index (Phi) is 21.4. The minimum absolute atomic E-state index is 1.23. The van der Waals surface area contributed by atoms with Crippen molar-refractivity contribution in [2.24, 2.45) is 0 Å². The van der Waals surface area contributed by atoms with Crippen LogP contribution in [0.15, 0.2) is 0 Å². The molecule has 0 saturated heterocycles. The average molecular weight is 455 g/mol. The fraction of sp³-hybridized carbons (Fsp3) is 1.00. The van der Waals surface area contributed by atoms with E-state index in [4.69, 9.17) is 0 Å². The summed E-state index contributed by atoms with van der Waals surface area (Å²) in [5.74, 6) is 0. The highest BCUT2D eigenvalue weighted by Crippen LogP contribution is 2.14. The molecule has 0 rings (SSSR count). The van der Waals surface area contributed by atoms with Gasteiger partial charge in [-0.1, -0.05) is 90.9 Å². The molecule has 0 atom stereocenters. The second-order valence-electron chi connectivity index (χ2n) is 12.1. The zero-order chi connectivity index (χ0) is 24.0. The first-order valence-corrected chi connectivity index (χ1v) is 15.0. The van der Waals surface area contributed by atoms with Gasteiger partial charge in [0.1, 0.15) is 0 Å². The first-order valence-electron chi connectivity index (χ1n) is 15.0. The summed E-state index contributed by atoms with van der Waals surface area (Å²) in [5.41, 5.74) is 0. The first kappa shape index (κ1) is 31.9. The summed E-state index contributed by atoms with van der Waals surface area (Å²) < 4.78 is 2.46. The second-order valence-corrected chi connectivity index (χ2v) is 12.1. The number of quaternary nitrogens is 2. The Labute approximate surface area is 205 Å². The van der Waals surface area contributed by atoms with Crippen molar-refractivity contribution in [1.29, 1.82) is 0 Å². The van der Waals surface area contributed by atoms with Crippen molar-refractivity contribution in [2.75, 3.05) is 54.4 Å². The van der Waals surface area contributed by atoms with Gasteiger partial charge in [0.05, 0.1) is 54.4 Å².